The molecule has 0 radical (unpaired) electrons. The summed E-state index contributed by atoms with van der Waals surface area (Å²) < 4.78 is 23.6. The van der Waals surface area contributed by atoms with Gasteiger partial charge in [0.2, 0.25) is 0 Å². The van der Waals surface area contributed by atoms with Crippen molar-refractivity contribution in [2.45, 2.75) is 6.42 Å². The van der Waals surface area contributed by atoms with E-state index in [4.69, 9.17) is 0 Å². The van der Waals surface area contributed by atoms with Crippen molar-refractivity contribution in [3.8, 4) is 0 Å². The second-order valence-corrected chi connectivity index (χ2v) is 7.28. The molecule has 1 saturated heterocycles. The van der Waals surface area contributed by atoms with E-state index in [0.717, 1.165) is 0 Å². The van der Waals surface area contributed by atoms with Crippen LogP contribution >= 0.6 is 15.9 Å². The lowest BCUT2D eigenvalue weighted by Crippen LogP contribution is -2.33. The van der Waals surface area contributed by atoms with Crippen molar-refractivity contribution in [2.24, 2.45) is 0 Å². The topological polar surface area (TPSA) is 67.3 Å². The standard InChI is InChI=1S/C11H13BrN2O3S/c12-10-3-2-9(8-13-10)11(15)14-4-1-6-18(16,17)7-5-14/h2-3,8H,1,4-7H2. The lowest BCUT2D eigenvalue weighted by atomic mass is 10.2. The van der Waals surface area contributed by atoms with Crippen molar-refractivity contribution in [1.82, 2.24) is 9.88 Å². The fourth-order valence-corrected chi connectivity index (χ4v) is 3.33. The monoisotopic (exact) mass is 332 g/mol. The van der Waals surface area contributed by atoms with Crippen LogP contribution < -0.4 is 0 Å². The smallest absolute Gasteiger partial charge is 0.255 e. The highest BCUT2D eigenvalue weighted by Crippen LogP contribution is 2.12. The highest BCUT2D eigenvalue weighted by molar-refractivity contribution is 9.10. The molecular weight excluding hydrogens is 320 g/mol. The van der Waals surface area contributed by atoms with Gasteiger partial charge in [0.15, 0.2) is 9.84 Å². The van der Waals surface area contributed by atoms with E-state index in [1.807, 2.05) is 0 Å². The first kappa shape index (κ1) is 13.5. The fourth-order valence-electron chi connectivity index (χ4n) is 1.83. The molecule has 5 nitrogen and oxygen atoms in total. The molecule has 18 heavy (non-hydrogen) atoms. The number of halogens is 1. The van der Waals surface area contributed by atoms with E-state index in [2.05, 4.69) is 20.9 Å². The molecular formula is C11H13BrN2O3S. The Morgan fingerprint density at radius 3 is 2.72 bits per heavy atom. The first-order valence-corrected chi connectivity index (χ1v) is 8.21. The van der Waals surface area contributed by atoms with E-state index >= 15 is 0 Å². The van der Waals surface area contributed by atoms with Crippen molar-refractivity contribution in [3.05, 3.63) is 28.5 Å². The highest BCUT2D eigenvalue weighted by Gasteiger charge is 2.23. The molecule has 0 bridgehead atoms. The summed E-state index contributed by atoms with van der Waals surface area (Å²) in [5, 5.41) is 0. The van der Waals surface area contributed by atoms with Gasteiger partial charge in [-0.25, -0.2) is 13.4 Å². The van der Waals surface area contributed by atoms with Gasteiger partial charge in [0, 0.05) is 19.3 Å². The van der Waals surface area contributed by atoms with Crippen LogP contribution in [0.1, 0.15) is 16.8 Å². The van der Waals surface area contributed by atoms with Crippen molar-refractivity contribution in [3.63, 3.8) is 0 Å². The lowest BCUT2D eigenvalue weighted by Gasteiger charge is -2.19. The molecule has 2 heterocycles. The third kappa shape index (κ3) is 3.29. The first-order chi connectivity index (χ1) is 8.48. The Hall–Kier alpha value is -0.950. The number of carbonyl (C=O) groups is 1. The number of hydrogen-bond acceptors (Lipinski definition) is 4. The van der Waals surface area contributed by atoms with Gasteiger partial charge in [0.05, 0.1) is 17.1 Å². The third-order valence-electron chi connectivity index (χ3n) is 2.82. The predicted octanol–water partition coefficient (Wildman–Crippen LogP) is 1.10. The molecule has 1 fully saturated rings. The van der Waals surface area contributed by atoms with Gasteiger partial charge < -0.3 is 4.90 Å². The molecule has 1 aliphatic heterocycles. The van der Waals surface area contributed by atoms with E-state index in [1.54, 1.807) is 17.0 Å². The average Bonchev–Trinajstić information content (AvgIpc) is 2.50. The molecule has 0 N–H and O–H groups in total. The van der Waals surface area contributed by atoms with Crippen LogP contribution in [0.4, 0.5) is 0 Å². The molecule has 1 aliphatic rings. The van der Waals surface area contributed by atoms with Gasteiger partial charge in [0.1, 0.15) is 4.60 Å². The number of hydrogen-bond donors (Lipinski definition) is 0. The number of aromatic nitrogens is 1. The zero-order valence-electron chi connectivity index (χ0n) is 9.67. The Morgan fingerprint density at radius 1 is 1.28 bits per heavy atom. The SMILES string of the molecule is O=C(c1ccc(Br)nc1)N1CCCS(=O)(=O)CC1. The molecule has 7 heteroatoms. The predicted molar refractivity (Wildman–Crippen MR) is 71.1 cm³/mol. The zero-order valence-corrected chi connectivity index (χ0v) is 12.1. The van der Waals surface area contributed by atoms with Crippen LogP contribution in [0.3, 0.4) is 0 Å². The average molecular weight is 333 g/mol. The van der Waals surface area contributed by atoms with E-state index in [0.29, 0.717) is 23.1 Å². The molecule has 0 saturated carbocycles. The quantitative estimate of drug-likeness (QED) is 0.722. The number of pyridine rings is 1. The van der Waals surface area contributed by atoms with Gasteiger partial charge in [-0.05, 0) is 34.5 Å². The Labute approximate surface area is 114 Å². The summed E-state index contributed by atoms with van der Waals surface area (Å²) in [5.41, 5.74) is 0.484. The van der Waals surface area contributed by atoms with Crippen LogP contribution in [0, 0.1) is 0 Å². The first-order valence-electron chi connectivity index (χ1n) is 5.59. The van der Waals surface area contributed by atoms with Gasteiger partial charge in [-0.15, -0.1) is 0 Å². The number of nitrogens with zero attached hydrogens (tertiary/aromatic N) is 2. The summed E-state index contributed by atoms with van der Waals surface area (Å²) in [7, 11) is -2.99. The van der Waals surface area contributed by atoms with Crippen molar-refractivity contribution in [2.75, 3.05) is 24.6 Å². The molecule has 0 atom stereocenters. The molecule has 1 aromatic rings. The van der Waals surface area contributed by atoms with Crippen LogP contribution in [0.5, 0.6) is 0 Å². The second-order valence-electron chi connectivity index (χ2n) is 4.17. The van der Waals surface area contributed by atoms with Crippen LogP contribution in [0.2, 0.25) is 0 Å². The molecule has 2 rings (SSSR count). The van der Waals surface area contributed by atoms with Gasteiger partial charge in [-0.3, -0.25) is 4.79 Å². The van der Waals surface area contributed by atoms with Crippen LogP contribution in [-0.2, 0) is 9.84 Å². The van der Waals surface area contributed by atoms with Crippen LogP contribution in [-0.4, -0.2) is 48.8 Å². The molecule has 0 unspecified atom stereocenters. The Bertz CT molecular complexity index is 542. The molecule has 0 spiro atoms. The normalized spacial score (nSPS) is 19.3. The van der Waals surface area contributed by atoms with Gasteiger partial charge >= 0.3 is 0 Å². The molecule has 1 aromatic heterocycles. The number of carbonyl (C=O) groups excluding carboxylic acids is 1. The summed E-state index contributed by atoms with van der Waals surface area (Å²) in [6, 6.07) is 3.38. The summed E-state index contributed by atoms with van der Waals surface area (Å²) >= 11 is 3.20. The van der Waals surface area contributed by atoms with Crippen molar-refractivity contribution in [1.29, 1.82) is 0 Å². The minimum absolute atomic E-state index is 0.0443. The third-order valence-corrected chi connectivity index (χ3v) is 5.00. The van der Waals surface area contributed by atoms with Gasteiger partial charge in [0.25, 0.3) is 5.91 Å². The van der Waals surface area contributed by atoms with E-state index in [-0.39, 0.29) is 24.0 Å². The van der Waals surface area contributed by atoms with Crippen LogP contribution in [0.25, 0.3) is 0 Å². The Kier molecular flexibility index (Phi) is 4.01. The number of sulfone groups is 1. The lowest BCUT2D eigenvalue weighted by molar-refractivity contribution is 0.0768. The van der Waals surface area contributed by atoms with E-state index in [9.17, 15) is 13.2 Å². The highest BCUT2D eigenvalue weighted by atomic mass is 79.9. The summed E-state index contributed by atoms with van der Waals surface area (Å²) in [5.74, 6) is 0.0463. The van der Waals surface area contributed by atoms with Crippen molar-refractivity contribution >= 4 is 31.7 Å². The van der Waals surface area contributed by atoms with Crippen molar-refractivity contribution < 1.29 is 13.2 Å². The van der Waals surface area contributed by atoms with Gasteiger partial charge in [-0.1, -0.05) is 0 Å². The maximum Gasteiger partial charge on any atom is 0.255 e. The molecule has 0 aliphatic carbocycles. The van der Waals surface area contributed by atoms with Gasteiger partial charge in [-0.2, -0.15) is 0 Å². The number of rotatable bonds is 1. The Balaban J connectivity index is 2.12. The summed E-state index contributed by atoms with van der Waals surface area (Å²) in [4.78, 5) is 17.7. The Morgan fingerprint density at radius 2 is 2.06 bits per heavy atom. The van der Waals surface area contributed by atoms with Crippen LogP contribution in [0.15, 0.2) is 22.9 Å². The summed E-state index contributed by atoms with van der Waals surface area (Å²) in [6.45, 7) is 0.741. The minimum atomic E-state index is -2.99. The fraction of sp³-hybridized carbons (Fsp3) is 0.455. The largest absolute Gasteiger partial charge is 0.338 e. The molecule has 1 amide bonds. The zero-order chi connectivity index (χ0) is 13.2. The maximum absolute atomic E-state index is 12.2. The van der Waals surface area contributed by atoms with E-state index < -0.39 is 9.84 Å². The maximum atomic E-state index is 12.2. The number of amides is 1. The minimum Gasteiger partial charge on any atom is -0.338 e. The molecule has 98 valence electrons. The molecule has 0 aromatic carbocycles. The second kappa shape index (κ2) is 5.36. The summed E-state index contributed by atoms with van der Waals surface area (Å²) in [6.07, 6.45) is 1.99. The van der Waals surface area contributed by atoms with E-state index in [1.165, 1.54) is 6.20 Å².